The van der Waals surface area contributed by atoms with E-state index in [1.165, 1.54) is 19.3 Å². The second-order valence-electron chi connectivity index (χ2n) is 4.47. The first-order valence-corrected chi connectivity index (χ1v) is 5.24. The highest BCUT2D eigenvalue weighted by atomic mass is 16.3. The summed E-state index contributed by atoms with van der Waals surface area (Å²) in [5.41, 5.74) is 5.91. The Morgan fingerprint density at radius 3 is 2.38 bits per heavy atom. The summed E-state index contributed by atoms with van der Waals surface area (Å²) in [5.74, 6) is 0. The van der Waals surface area contributed by atoms with Crippen LogP contribution in [0.2, 0.25) is 0 Å². The smallest absolute Gasteiger partial charge is 0.0526 e. The van der Waals surface area contributed by atoms with Crippen LogP contribution in [0.25, 0.3) is 0 Å². The predicted molar refractivity (Wildman–Crippen MR) is 54.5 cm³/mol. The van der Waals surface area contributed by atoms with Crippen molar-refractivity contribution in [2.75, 3.05) is 6.54 Å². The zero-order chi connectivity index (χ0) is 9.90. The number of aliphatic hydroxyl groups is 1. The summed E-state index contributed by atoms with van der Waals surface area (Å²) in [4.78, 5) is 0. The van der Waals surface area contributed by atoms with Gasteiger partial charge in [-0.3, -0.25) is 0 Å². The van der Waals surface area contributed by atoms with Crippen LogP contribution in [0.4, 0.5) is 0 Å². The number of rotatable bonds is 5. The summed E-state index contributed by atoms with van der Waals surface area (Å²) in [6, 6.07) is 0.365. The summed E-state index contributed by atoms with van der Waals surface area (Å²) in [6.45, 7) is 4.66. The first kappa shape index (κ1) is 11.0. The molecule has 13 heavy (non-hydrogen) atoms. The van der Waals surface area contributed by atoms with Crippen molar-refractivity contribution in [3.63, 3.8) is 0 Å². The molecule has 1 rings (SSSR count). The fourth-order valence-electron chi connectivity index (χ4n) is 2.10. The molecular formula is C10H22N2O. The van der Waals surface area contributed by atoms with Crippen molar-refractivity contribution < 1.29 is 5.11 Å². The van der Waals surface area contributed by atoms with E-state index in [2.05, 4.69) is 12.2 Å². The largest absolute Gasteiger partial charge is 0.393 e. The van der Waals surface area contributed by atoms with Gasteiger partial charge < -0.3 is 16.2 Å². The van der Waals surface area contributed by atoms with E-state index >= 15 is 0 Å². The first-order chi connectivity index (χ1) is 6.08. The lowest BCUT2D eigenvalue weighted by molar-refractivity contribution is 0.132. The van der Waals surface area contributed by atoms with Crippen molar-refractivity contribution >= 4 is 0 Å². The summed E-state index contributed by atoms with van der Waals surface area (Å²) < 4.78 is 0. The van der Waals surface area contributed by atoms with Gasteiger partial charge in [0.2, 0.25) is 0 Å². The molecular weight excluding hydrogens is 164 g/mol. The van der Waals surface area contributed by atoms with Crippen molar-refractivity contribution in [2.45, 2.75) is 57.2 Å². The molecule has 1 aliphatic carbocycles. The Morgan fingerprint density at radius 1 is 1.46 bits per heavy atom. The van der Waals surface area contributed by atoms with Crippen LogP contribution in [0, 0.1) is 0 Å². The molecule has 78 valence electrons. The fraction of sp³-hybridized carbons (Fsp3) is 1.00. The van der Waals surface area contributed by atoms with Crippen LogP contribution in [0.1, 0.15) is 39.5 Å². The first-order valence-electron chi connectivity index (χ1n) is 5.24. The molecule has 0 aromatic carbocycles. The lowest BCUT2D eigenvalue weighted by Gasteiger charge is -2.44. The molecule has 0 spiro atoms. The highest BCUT2D eigenvalue weighted by molar-refractivity contribution is 4.98. The second-order valence-corrected chi connectivity index (χ2v) is 4.47. The quantitative estimate of drug-likeness (QED) is 0.590. The molecule has 4 N–H and O–H groups in total. The Labute approximate surface area is 80.7 Å². The van der Waals surface area contributed by atoms with Crippen molar-refractivity contribution in [1.29, 1.82) is 0 Å². The summed E-state index contributed by atoms with van der Waals surface area (Å²) in [5, 5.41) is 12.7. The molecule has 2 atom stereocenters. The standard InChI is InChI=1S/C10H22N2O/c1-8(6-9(2)13)12-10(7-11)4-3-5-10/h8-9,12-13H,3-7,11H2,1-2H3. The molecule has 0 heterocycles. The van der Waals surface area contributed by atoms with Crippen LogP contribution in [0.15, 0.2) is 0 Å². The van der Waals surface area contributed by atoms with Gasteiger partial charge in [-0.05, 0) is 39.5 Å². The van der Waals surface area contributed by atoms with E-state index in [9.17, 15) is 5.11 Å². The Morgan fingerprint density at radius 2 is 2.08 bits per heavy atom. The van der Waals surface area contributed by atoms with Crippen LogP contribution >= 0.6 is 0 Å². The molecule has 1 fully saturated rings. The van der Waals surface area contributed by atoms with Gasteiger partial charge in [0.05, 0.1) is 6.10 Å². The lowest BCUT2D eigenvalue weighted by Crippen LogP contribution is -2.59. The number of nitrogens with two attached hydrogens (primary N) is 1. The minimum absolute atomic E-state index is 0.189. The zero-order valence-electron chi connectivity index (χ0n) is 8.71. The van der Waals surface area contributed by atoms with Gasteiger partial charge in [0.1, 0.15) is 0 Å². The molecule has 0 saturated heterocycles. The maximum absolute atomic E-state index is 9.21. The monoisotopic (exact) mass is 186 g/mol. The average molecular weight is 186 g/mol. The van der Waals surface area contributed by atoms with E-state index in [0.717, 1.165) is 13.0 Å². The number of hydrogen-bond acceptors (Lipinski definition) is 3. The highest BCUT2D eigenvalue weighted by Crippen LogP contribution is 2.31. The Kier molecular flexibility index (Phi) is 3.71. The molecule has 0 aromatic rings. The number of nitrogens with one attached hydrogen (secondary N) is 1. The predicted octanol–water partition coefficient (Wildman–Crippen LogP) is 0.617. The van der Waals surface area contributed by atoms with E-state index in [1.54, 1.807) is 0 Å². The van der Waals surface area contributed by atoms with Gasteiger partial charge in [0.25, 0.3) is 0 Å². The highest BCUT2D eigenvalue weighted by Gasteiger charge is 2.36. The average Bonchev–Trinajstić information content (AvgIpc) is 1.95. The molecule has 1 saturated carbocycles. The maximum atomic E-state index is 9.21. The maximum Gasteiger partial charge on any atom is 0.0526 e. The molecule has 2 unspecified atom stereocenters. The van der Waals surface area contributed by atoms with Gasteiger partial charge in [-0.1, -0.05) is 0 Å². The topological polar surface area (TPSA) is 58.3 Å². The Bertz CT molecular complexity index is 149. The van der Waals surface area contributed by atoms with Crippen molar-refractivity contribution in [2.24, 2.45) is 5.73 Å². The van der Waals surface area contributed by atoms with Gasteiger partial charge in [0.15, 0.2) is 0 Å². The van der Waals surface area contributed by atoms with Gasteiger partial charge in [-0.2, -0.15) is 0 Å². The Hall–Kier alpha value is -0.120. The van der Waals surface area contributed by atoms with Crippen molar-refractivity contribution in [3.05, 3.63) is 0 Å². The van der Waals surface area contributed by atoms with Crippen LogP contribution < -0.4 is 11.1 Å². The molecule has 1 aliphatic rings. The third kappa shape index (κ3) is 2.93. The minimum Gasteiger partial charge on any atom is -0.393 e. The molecule has 0 amide bonds. The van der Waals surface area contributed by atoms with Crippen LogP contribution in [0.5, 0.6) is 0 Å². The van der Waals surface area contributed by atoms with Gasteiger partial charge in [-0.15, -0.1) is 0 Å². The number of hydrogen-bond donors (Lipinski definition) is 3. The van der Waals surface area contributed by atoms with E-state index in [1.807, 2.05) is 6.92 Å². The van der Waals surface area contributed by atoms with Gasteiger partial charge >= 0.3 is 0 Å². The molecule has 3 nitrogen and oxygen atoms in total. The lowest BCUT2D eigenvalue weighted by atomic mass is 9.76. The van der Waals surface area contributed by atoms with E-state index in [0.29, 0.717) is 6.04 Å². The minimum atomic E-state index is -0.225. The van der Waals surface area contributed by atoms with Crippen LogP contribution in [-0.2, 0) is 0 Å². The second kappa shape index (κ2) is 4.40. The summed E-state index contributed by atoms with van der Waals surface area (Å²) in [7, 11) is 0. The molecule has 0 aliphatic heterocycles. The molecule has 0 aromatic heterocycles. The Balaban J connectivity index is 2.29. The third-order valence-electron chi connectivity index (χ3n) is 2.95. The van der Waals surface area contributed by atoms with Crippen LogP contribution in [-0.4, -0.2) is 29.3 Å². The van der Waals surface area contributed by atoms with E-state index in [4.69, 9.17) is 5.73 Å². The molecule has 0 radical (unpaired) electrons. The normalized spacial score (nSPS) is 24.9. The summed E-state index contributed by atoms with van der Waals surface area (Å²) in [6.07, 6.45) is 4.24. The van der Waals surface area contributed by atoms with E-state index < -0.39 is 0 Å². The van der Waals surface area contributed by atoms with Gasteiger partial charge in [-0.25, -0.2) is 0 Å². The van der Waals surface area contributed by atoms with Gasteiger partial charge in [0, 0.05) is 18.1 Å². The zero-order valence-corrected chi connectivity index (χ0v) is 8.71. The molecule has 3 heteroatoms. The number of aliphatic hydroxyl groups excluding tert-OH is 1. The summed E-state index contributed by atoms with van der Waals surface area (Å²) >= 11 is 0. The molecule has 0 bridgehead atoms. The van der Waals surface area contributed by atoms with Crippen molar-refractivity contribution in [3.8, 4) is 0 Å². The van der Waals surface area contributed by atoms with Crippen molar-refractivity contribution in [1.82, 2.24) is 5.32 Å². The fourth-order valence-corrected chi connectivity index (χ4v) is 2.10. The van der Waals surface area contributed by atoms with Crippen LogP contribution in [0.3, 0.4) is 0 Å². The third-order valence-corrected chi connectivity index (χ3v) is 2.95. The van der Waals surface area contributed by atoms with E-state index in [-0.39, 0.29) is 11.6 Å². The SMILES string of the molecule is CC(O)CC(C)NC1(CN)CCC1.